The van der Waals surface area contributed by atoms with Gasteiger partial charge in [-0.2, -0.15) is 16.8 Å². The van der Waals surface area contributed by atoms with Gasteiger partial charge >= 0.3 is 0 Å². The highest BCUT2D eigenvalue weighted by atomic mass is 32.3. The summed E-state index contributed by atoms with van der Waals surface area (Å²) in [4.78, 5) is 0.0263. The van der Waals surface area contributed by atoms with E-state index in [0.29, 0.717) is 12.8 Å². The molecule has 1 aliphatic heterocycles. The Balaban J connectivity index is 2.11. The van der Waals surface area contributed by atoms with Gasteiger partial charge in [0.15, 0.2) is 0 Å². The Morgan fingerprint density at radius 1 is 1.12 bits per heavy atom. The molecule has 10 heteroatoms. The van der Waals surface area contributed by atoms with Gasteiger partial charge in [0.2, 0.25) is 0 Å². The van der Waals surface area contributed by atoms with Gasteiger partial charge in [0, 0.05) is 11.5 Å². The van der Waals surface area contributed by atoms with E-state index in [0.717, 1.165) is 11.8 Å². The number of aryl methyl sites for hydroxylation is 1. The number of hydrogen-bond donors (Lipinski definition) is 0. The Bertz CT molecular complexity index is 896. The minimum atomic E-state index is -3.97. The van der Waals surface area contributed by atoms with Crippen LogP contribution < -0.4 is 0 Å². The van der Waals surface area contributed by atoms with Crippen LogP contribution in [0.3, 0.4) is 0 Å². The van der Waals surface area contributed by atoms with E-state index in [-0.39, 0.29) is 28.9 Å². The second-order valence-electron chi connectivity index (χ2n) is 5.98. The lowest BCUT2D eigenvalue weighted by atomic mass is 10.1. The molecule has 136 valence electrons. The summed E-state index contributed by atoms with van der Waals surface area (Å²) < 4.78 is 67.7. The quantitative estimate of drug-likeness (QED) is 0.700. The molecule has 0 saturated carbocycles. The highest BCUT2D eigenvalue weighted by Gasteiger charge is 2.26. The maximum atomic E-state index is 12.7. The van der Waals surface area contributed by atoms with E-state index in [1.807, 2.05) is 6.92 Å². The van der Waals surface area contributed by atoms with Crippen molar-refractivity contribution in [3.8, 4) is 0 Å². The van der Waals surface area contributed by atoms with E-state index in [1.165, 1.54) is 12.1 Å². The summed E-state index contributed by atoms with van der Waals surface area (Å²) >= 11 is 0. The zero-order valence-electron chi connectivity index (χ0n) is 13.5. The van der Waals surface area contributed by atoms with E-state index in [4.69, 9.17) is 4.18 Å². The van der Waals surface area contributed by atoms with Crippen molar-refractivity contribution in [3.05, 3.63) is 29.8 Å². The fourth-order valence-corrected chi connectivity index (χ4v) is 7.24. The van der Waals surface area contributed by atoms with Crippen LogP contribution in [0.4, 0.5) is 0 Å². The fraction of sp³-hybridized carbons (Fsp3) is 0.571. The van der Waals surface area contributed by atoms with Crippen LogP contribution in [0.2, 0.25) is 0 Å². The fourth-order valence-electron chi connectivity index (χ4n) is 2.34. The summed E-state index contributed by atoms with van der Waals surface area (Å²) in [5.74, 6) is 0.178. The zero-order valence-corrected chi connectivity index (χ0v) is 16.0. The molecular formula is C14H21NO6S3. The van der Waals surface area contributed by atoms with Gasteiger partial charge in [-0.05, 0) is 37.8 Å². The second-order valence-corrected chi connectivity index (χ2v) is 12.0. The number of sulfonamides is 1. The molecule has 0 N–H and O–H groups in total. The first-order valence-corrected chi connectivity index (χ1v) is 12.5. The normalized spacial score (nSPS) is 25.3. The van der Waals surface area contributed by atoms with Gasteiger partial charge in [-0.15, -0.1) is 3.77 Å². The summed E-state index contributed by atoms with van der Waals surface area (Å²) in [5.41, 5.74) is 0.921. The van der Waals surface area contributed by atoms with E-state index >= 15 is 0 Å². The molecule has 1 aromatic rings. The summed E-state index contributed by atoms with van der Waals surface area (Å²) in [6.07, 6.45) is 1.81. The van der Waals surface area contributed by atoms with E-state index < -0.39 is 29.9 Å². The molecule has 0 radical (unpaired) electrons. The highest BCUT2D eigenvalue weighted by Crippen LogP contribution is 2.24. The van der Waals surface area contributed by atoms with Crippen molar-refractivity contribution in [1.82, 2.24) is 0 Å². The Labute approximate surface area is 143 Å². The standard InChI is InChI=1S/C14H21NO6S3/c1-12-3-5-14(6-4-12)24(19,20)15-23(18)9-7-13(8-10-23)11-21-22(2,16)17/h3-6,13H,7-11H2,1-2H3. The van der Waals surface area contributed by atoms with Crippen molar-refractivity contribution in [3.63, 3.8) is 0 Å². The SMILES string of the molecule is Cc1ccc(S(=O)(=O)N=S2(=O)CCC(COS(C)(=O)=O)CC2)cc1. The van der Waals surface area contributed by atoms with Crippen LogP contribution >= 0.6 is 0 Å². The van der Waals surface area contributed by atoms with Crippen molar-refractivity contribution in [2.45, 2.75) is 24.7 Å². The van der Waals surface area contributed by atoms with Gasteiger partial charge in [-0.25, -0.2) is 4.21 Å². The lowest BCUT2D eigenvalue weighted by molar-refractivity contribution is 0.246. The molecular weight excluding hydrogens is 374 g/mol. The molecule has 1 heterocycles. The molecule has 24 heavy (non-hydrogen) atoms. The Kier molecular flexibility index (Phi) is 5.73. The van der Waals surface area contributed by atoms with Crippen molar-refractivity contribution in [1.29, 1.82) is 0 Å². The Hall–Kier alpha value is -0.970. The summed E-state index contributed by atoms with van der Waals surface area (Å²) in [6, 6.07) is 6.22. The molecule has 0 aromatic heterocycles. The first-order valence-electron chi connectivity index (χ1n) is 7.39. The third-order valence-electron chi connectivity index (χ3n) is 3.76. The van der Waals surface area contributed by atoms with Crippen LogP contribution in [0.5, 0.6) is 0 Å². The first-order chi connectivity index (χ1) is 11.0. The molecule has 0 bridgehead atoms. The molecule has 1 aromatic carbocycles. The van der Waals surface area contributed by atoms with Crippen LogP contribution in [-0.4, -0.2) is 45.4 Å². The lowest BCUT2D eigenvalue weighted by Gasteiger charge is -2.23. The third kappa shape index (κ3) is 5.54. The maximum absolute atomic E-state index is 12.7. The van der Waals surface area contributed by atoms with Crippen molar-refractivity contribution >= 4 is 29.9 Å². The monoisotopic (exact) mass is 395 g/mol. The molecule has 1 aliphatic rings. The smallest absolute Gasteiger partial charge is 0.270 e. The Morgan fingerprint density at radius 2 is 1.67 bits per heavy atom. The number of nitrogens with zero attached hydrogens (tertiary/aromatic N) is 1. The van der Waals surface area contributed by atoms with Crippen molar-refractivity contribution in [2.75, 3.05) is 24.4 Å². The van der Waals surface area contributed by atoms with E-state index in [1.54, 1.807) is 12.1 Å². The molecule has 0 atom stereocenters. The predicted octanol–water partition coefficient (Wildman–Crippen LogP) is 1.54. The van der Waals surface area contributed by atoms with Gasteiger partial charge in [0.05, 0.1) is 27.5 Å². The summed E-state index contributed by atoms with van der Waals surface area (Å²) in [5, 5.41) is 0. The van der Waals surface area contributed by atoms with Crippen LogP contribution in [0.25, 0.3) is 0 Å². The molecule has 0 amide bonds. The minimum Gasteiger partial charge on any atom is -0.270 e. The topological polar surface area (TPSA) is 107 Å². The summed E-state index contributed by atoms with van der Waals surface area (Å²) in [6.45, 7) is 1.87. The largest absolute Gasteiger partial charge is 0.290 e. The number of rotatable bonds is 5. The molecule has 1 fully saturated rings. The van der Waals surface area contributed by atoms with Crippen LogP contribution in [0, 0.1) is 12.8 Å². The number of hydrogen-bond acceptors (Lipinski definition) is 6. The predicted molar refractivity (Wildman–Crippen MR) is 92.2 cm³/mol. The summed E-state index contributed by atoms with van der Waals surface area (Å²) in [7, 11) is -10.3. The molecule has 1 saturated heterocycles. The Morgan fingerprint density at radius 3 is 2.17 bits per heavy atom. The van der Waals surface area contributed by atoms with Crippen LogP contribution in [0.1, 0.15) is 18.4 Å². The molecule has 0 aliphatic carbocycles. The zero-order chi connectivity index (χ0) is 18.0. The van der Waals surface area contributed by atoms with Gasteiger partial charge in [0.1, 0.15) is 0 Å². The van der Waals surface area contributed by atoms with Gasteiger partial charge in [-0.3, -0.25) is 4.18 Å². The van der Waals surface area contributed by atoms with E-state index in [2.05, 4.69) is 3.77 Å². The molecule has 0 spiro atoms. The van der Waals surface area contributed by atoms with Gasteiger partial charge in [-0.1, -0.05) is 17.7 Å². The first kappa shape index (κ1) is 19.4. The van der Waals surface area contributed by atoms with Gasteiger partial charge in [0.25, 0.3) is 20.1 Å². The third-order valence-corrected chi connectivity index (χ3v) is 8.81. The van der Waals surface area contributed by atoms with E-state index in [9.17, 15) is 21.0 Å². The second kappa shape index (κ2) is 7.11. The van der Waals surface area contributed by atoms with Crippen LogP contribution in [-0.2, 0) is 34.1 Å². The highest BCUT2D eigenvalue weighted by molar-refractivity contribution is 8.03. The molecule has 7 nitrogen and oxygen atoms in total. The maximum Gasteiger partial charge on any atom is 0.290 e. The number of benzene rings is 1. The molecule has 0 unspecified atom stereocenters. The van der Waals surface area contributed by atoms with Crippen LogP contribution in [0.15, 0.2) is 32.9 Å². The van der Waals surface area contributed by atoms with Gasteiger partial charge < -0.3 is 0 Å². The van der Waals surface area contributed by atoms with Crippen molar-refractivity contribution < 1.29 is 25.2 Å². The average Bonchev–Trinajstić information content (AvgIpc) is 2.45. The minimum absolute atomic E-state index is 0.0263. The molecule has 2 rings (SSSR count). The average molecular weight is 396 g/mol. The lowest BCUT2D eigenvalue weighted by Crippen LogP contribution is -2.27. The van der Waals surface area contributed by atoms with Crippen molar-refractivity contribution in [2.24, 2.45) is 9.69 Å².